The summed E-state index contributed by atoms with van der Waals surface area (Å²) >= 11 is 0. The molecule has 0 spiro atoms. The summed E-state index contributed by atoms with van der Waals surface area (Å²) in [6, 6.07) is 2.34. The molecule has 0 saturated heterocycles. The van der Waals surface area contributed by atoms with Gasteiger partial charge in [-0.1, -0.05) is 32.4 Å². The first-order chi connectivity index (χ1) is 13.4. The zero-order chi connectivity index (χ0) is 20.2. The standard InChI is InChI=1S/C26H39NO/c1-6-26(7-2)16-19-8-10-20-21-11-9-18(13-15-27)24(21,3)14-12-22(20)25(19,4)17-23(26)28-5/h6,13,19-23H,1,7-12,14,16-17H2,2-5H3. The maximum absolute atomic E-state index is 9.26. The van der Waals surface area contributed by atoms with E-state index < -0.39 is 0 Å². The van der Waals surface area contributed by atoms with Gasteiger partial charge in [0.1, 0.15) is 0 Å². The van der Waals surface area contributed by atoms with E-state index in [4.69, 9.17) is 4.74 Å². The summed E-state index contributed by atoms with van der Waals surface area (Å²) in [4.78, 5) is 0. The molecule has 0 bridgehead atoms. The van der Waals surface area contributed by atoms with E-state index in [9.17, 15) is 5.26 Å². The Hall–Kier alpha value is -1.07. The Morgan fingerprint density at radius 1 is 1.18 bits per heavy atom. The SMILES string of the molecule is C=CC1(CC)CC2CCC3C4CCC(=CC#N)C4(C)CCC3C2(C)CC1OC. The van der Waals surface area contributed by atoms with Gasteiger partial charge in [-0.3, -0.25) is 0 Å². The second kappa shape index (κ2) is 7.02. The van der Waals surface area contributed by atoms with E-state index in [1.54, 1.807) is 0 Å². The zero-order valence-electron chi connectivity index (χ0n) is 18.5. The molecule has 0 amide bonds. The molecule has 0 radical (unpaired) electrons. The first-order valence-corrected chi connectivity index (χ1v) is 11.6. The Morgan fingerprint density at radius 2 is 1.96 bits per heavy atom. The van der Waals surface area contributed by atoms with Crippen LogP contribution < -0.4 is 0 Å². The van der Waals surface area contributed by atoms with E-state index in [1.165, 1.54) is 50.5 Å². The van der Waals surface area contributed by atoms with Gasteiger partial charge in [-0.05, 0) is 92.3 Å². The number of rotatable bonds is 3. The van der Waals surface area contributed by atoms with Gasteiger partial charge in [-0.25, -0.2) is 0 Å². The van der Waals surface area contributed by atoms with Gasteiger partial charge in [0.25, 0.3) is 0 Å². The van der Waals surface area contributed by atoms with E-state index in [2.05, 4.69) is 39.5 Å². The number of nitriles is 1. The molecule has 0 aliphatic heterocycles. The predicted octanol–water partition coefficient (Wildman–Crippen LogP) is 6.69. The average Bonchev–Trinajstić information content (AvgIpc) is 3.03. The number of fused-ring (bicyclic) bond motifs is 5. The van der Waals surface area contributed by atoms with E-state index in [0.29, 0.717) is 11.5 Å². The topological polar surface area (TPSA) is 33.0 Å². The van der Waals surface area contributed by atoms with Crippen molar-refractivity contribution in [2.45, 2.75) is 84.7 Å². The lowest BCUT2D eigenvalue weighted by Gasteiger charge is -2.63. The highest BCUT2D eigenvalue weighted by Gasteiger charge is 2.61. The fourth-order valence-corrected chi connectivity index (χ4v) is 8.59. The largest absolute Gasteiger partial charge is 0.381 e. The normalized spacial score (nSPS) is 51.7. The van der Waals surface area contributed by atoms with Crippen LogP contribution in [0, 0.1) is 51.2 Å². The number of hydrogen-bond acceptors (Lipinski definition) is 2. The lowest BCUT2D eigenvalue weighted by Crippen LogP contribution is -2.57. The van der Waals surface area contributed by atoms with Crippen LogP contribution in [0.4, 0.5) is 0 Å². The van der Waals surface area contributed by atoms with Gasteiger partial charge in [0.2, 0.25) is 0 Å². The third kappa shape index (κ3) is 2.61. The molecule has 154 valence electrons. The van der Waals surface area contributed by atoms with Crippen molar-refractivity contribution in [3.05, 3.63) is 24.3 Å². The predicted molar refractivity (Wildman–Crippen MR) is 115 cm³/mol. The van der Waals surface area contributed by atoms with Gasteiger partial charge in [0.05, 0.1) is 12.2 Å². The van der Waals surface area contributed by atoms with Crippen LogP contribution in [-0.4, -0.2) is 13.2 Å². The Kier molecular flexibility index (Phi) is 5.06. The number of allylic oxidation sites excluding steroid dienone is 2. The third-order valence-corrected chi connectivity index (χ3v) is 10.4. The average molecular weight is 382 g/mol. The maximum Gasteiger partial charge on any atom is 0.0911 e. The zero-order valence-corrected chi connectivity index (χ0v) is 18.5. The lowest BCUT2D eigenvalue weighted by atomic mass is 9.42. The molecular formula is C26H39NO. The number of methoxy groups -OCH3 is 1. The first-order valence-electron chi connectivity index (χ1n) is 11.6. The van der Waals surface area contributed by atoms with Gasteiger partial charge in [-0.15, -0.1) is 6.58 Å². The van der Waals surface area contributed by atoms with Gasteiger partial charge >= 0.3 is 0 Å². The van der Waals surface area contributed by atoms with Crippen molar-refractivity contribution < 1.29 is 4.74 Å². The Labute approximate surface area is 172 Å². The summed E-state index contributed by atoms with van der Waals surface area (Å²) in [7, 11) is 1.91. The fourth-order valence-electron chi connectivity index (χ4n) is 8.59. The molecule has 0 N–H and O–H groups in total. The van der Waals surface area contributed by atoms with Gasteiger partial charge < -0.3 is 4.74 Å². The van der Waals surface area contributed by atoms with Crippen LogP contribution in [0.2, 0.25) is 0 Å². The fraction of sp³-hybridized carbons (Fsp3) is 0.808. The molecule has 4 aliphatic rings. The van der Waals surface area contributed by atoms with Crippen molar-refractivity contribution in [2.24, 2.45) is 39.9 Å². The minimum atomic E-state index is 0.158. The van der Waals surface area contributed by atoms with Gasteiger partial charge in [-0.2, -0.15) is 5.26 Å². The van der Waals surface area contributed by atoms with Crippen LogP contribution in [0.1, 0.15) is 78.6 Å². The van der Waals surface area contributed by atoms with Crippen molar-refractivity contribution in [1.82, 2.24) is 0 Å². The molecule has 4 rings (SSSR count). The summed E-state index contributed by atoms with van der Waals surface area (Å²) < 4.78 is 6.12. The van der Waals surface area contributed by atoms with Gasteiger partial charge in [0.15, 0.2) is 0 Å². The monoisotopic (exact) mass is 381 g/mol. The van der Waals surface area contributed by atoms with E-state index >= 15 is 0 Å². The van der Waals surface area contributed by atoms with Crippen LogP contribution in [0.3, 0.4) is 0 Å². The van der Waals surface area contributed by atoms with Crippen LogP contribution in [0.5, 0.6) is 0 Å². The molecule has 0 aromatic rings. The van der Waals surface area contributed by atoms with Crippen LogP contribution >= 0.6 is 0 Å². The van der Waals surface area contributed by atoms with Gasteiger partial charge in [0, 0.05) is 18.6 Å². The lowest BCUT2D eigenvalue weighted by molar-refractivity contribution is -0.161. The summed E-state index contributed by atoms with van der Waals surface area (Å²) in [5.41, 5.74) is 2.28. The van der Waals surface area contributed by atoms with Crippen LogP contribution in [0.15, 0.2) is 24.3 Å². The summed E-state index contributed by atoms with van der Waals surface area (Å²) in [5, 5.41) is 9.26. The number of hydrogen-bond donors (Lipinski definition) is 0. The van der Waals surface area contributed by atoms with Crippen molar-refractivity contribution in [2.75, 3.05) is 7.11 Å². The minimum Gasteiger partial charge on any atom is -0.381 e. The van der Waals surface area contributed by atoms with Crippen LogP contribution in [-0.2, 0) is 4.74 Å². The first kappa shape index (κ1) is 20.2. The summed E-state index contributed by atoms with van der Waals surface area (Å²) in [6.45, 7) is 11.6. The molecule has 0 heterocycles. The van der Waals surface area contributed by atoms with Crippen molar-refractivity contribution in [3.63, 3.8) is 0 Å². The molecule has 0 aromatic heterocycles. The Bertz CT molecular complexity index is 704. The molecule has 4 aliphatic carbocycles. The highest BCUT2D eigenvalue weighted by molar-refractivity contribution is 5.28. The van der Waals surface area contributed by atoms with E-state index in [1.807, 2.05) is 13.2 Å². The molecule has 0 aromatic carbocycles. The summed E-state index contributed by atoms with van der Waals surface area (Å²) in [5.74, 6) is 3.24. The van der Waals surface area contributed by atoms with E-state index in [0.717, 1.165) is 36.5 Å². The van der Waals surface area contributed by atoms with E-state index in [-0.39, 0.29) is 10.8 Å². The second-order valence-electron chi connectivity index (χ2n) is 10.9. The highest BCUT2D eigenvalue weighted by Crippen LogP contribution is 2.69. The highest BCUT2D eigenvalue weighted by atomic mass is 16.5. The second-order valence-corrected chi connectivity index (χ2v) is 10.9. The van der Waals surface area contributed by atoms with Crippen molar-refractivity contribution in [1.29, 1.82) is 5.26 Å². The number of nitrogens with zero attached hydrogens (tertiary/aromatic N) is 1. The maximum atomic E-state index is 9.26. The Morgan fingerprint density at radius 3 is 2.61 bits per heavy atom. The van der Waals surface area contributed by atoms with Crippen molar-refractivity contribution in [3.8, 4) is 6.07 Å². The quantitative estimate of drug-likeness (QED) is 0.403. The third-order valence-electron chi connectivity index (χ3n) is 10.4. The molecular weight excluding hydrogens is 342 g/mol. The smallest absolute Gasteiger partial charge is 0.0911 e. The van der Waals surface area contributed by atoms with Crippen LogP contribution in [0.25, 0.3) is 0 Å². The molecule has 8 unspecified atom stereocenters. The molecule has 2 heteroatoms. The minimum absolute atomic E-state index is 0.158. The summed E-state index contributed by atoms with van der Waals surface area (Å²) in [6.07, 6.45) is 15.8. The van der Waals surface area contributed by atoms with Crippen molar-refractivity contribution >= 4 is 0 Å². The molecule has 4 saturated carbocycles. The Balaban J connectivity index is 1.65. The molecule has 2 nitrogen and oxygen atoms in total. The molecule has 8 atom stereocenters. The number of ether oxygens (including phenoxy) is 1. The molecule has 28 heavy (non-hydrogen) atoms. The molecule has 4 fully saturated rings.